The molecule has 0 aliphatic heterocycles. The molecule has 126 valence electrons. The molecular formula is C19H21NO4. The molecule has 1 unspecified atom stereocenters. The minimum absolute atomic E-state index is 0.239. The number of hydrogen-bond donors (Lipinski definition) is 0. The summed E-state index contributed by atoms with van der Waals surface area (Å²) in [5, 5.41) is 0. The largest absolute Gasteiger partial charge is 0.464 e. The lowest BCUT2D eigenvalue weighted by molar-refractivity contribution is -0.146. The van der Waals surface area contributed by atoms with Crippen molar-refractivity contribution < 1.29 is 14.3 Å². The van der Waals surface area contributed by atoms with Crippen molar-refractivity contribution in [3.63, 3.8) is 0 Å². The molecule has 0 spiro atoms. The van der Waals surface area contributed by atoms with E-state index in [-0.39, 0.29) is 6.61 Å². The zero-order chi connectivity index (χ0) is 17.9. The van der Waals surface area contributed by atoms with Gasteiger partial charge in [-0.15, -0.1) is 0 Å². The zero-order valence-corrected chi connectivity index (χ0v) is 14.3. The van der Waals surface area contributed by atoms with Gasteiger partial charge in [0.1, 0.15) is 6.04 Å². The summed E-state index contributed by atoms with van der Waals surface area (Å²) in [6, 6.07) is 8.07. The third-order valence-electron chi connectivity index (χ3n) is 4.01. The highest BCUT2D eigenvalue weighted by Gasteiger charge is 2.23. The minimum Gasteiger partial charge on any atom is -0.464 e. The van der Waals surface area contributed by atoms with Crippen molar-refractivity contribution in [1.82, 2.24) is 4.57 Å². The van der Waals surface area contributed by atoms with Crippen LogP contribution in [0.1, 0.15) is 41.4 Å². The molecule has 0 amide bonds. The summed E-state index contributed by atoms with van der Waals surface area (Å²) in [5.74, 6) is -0.480. The van der Waals surface area contributed by atoms with Gasteiger partial charge in [0.2, 0.25) is 0 Å². The number of benzene rings is 1. The number of carbonyl (C=O) groups is 2. The van der Waals surface area contributed by atoms with Crippen molar-refractivity contribution in [2.75, 3.05) is 6.61 Å². The van der Waals surface area contributed by atoms with E-state index in [1.807, 2.05) is 31.2 Å². The average molecular weight is 327 g/mol. The predicted molar refractivity (Wildman–Crippen MR) is 92.3 cm³/mol. The summed E-state index contributed by atoms with van der Waals surface area (Å²) in [7, 11) is 0. The molecule has 1 aromatic heterocycles. The molecule has 1 aromatic carbocycles. The predicted octanol–water partition coefficient (Wildman–Crippen LogP) is 3.07. The Bertz CT molecular complexity index is 818. The van der Waals surface area contributed by atoms with E-state index < -0.39 is 17.6 Å². The smallest absolute Gasteiger partial charge is 0.328 e. The van der Waals surface area contributed by atoms with Crippen molar-refractivity contribution in [1.29, 1.82) is 0 Å². The van der Waals surface area contributed by atoms with E-state index in [4.69, 9.17) is 4.74 Å². The van der Waals surface area contributed by atoms with Crippen LogP contribution in [-0.2, 0) is 9.53 Å². The normalized spacial score (nSPS) is 11.8. The van der Waals surface area contributed by atoms with Crippen LogP contribution in [-0.4, -0.2) is 23.4 Å². The Labute approximate surface area is 140 Å². The maximum absolute atomic E-state index is 12.6. The topological polar surface area (TPSA) is 65.4 Å². The molecule has 0 saturated carbocycles. The lowest BCUT2D eigenvalue weighted by Crippen LogP contribution is -2.31. The number of nitrogens with zero attached hydrogens (tertiary/aromatic N) is 1. The van der Waals surface area contributed by atoms with Crippen LogP contribution in [0.4, 0.5) is 0 Å². The molecule has 24 heavy (non-hydrogen) atoms. The Morgan fingerprint density at radius 1 is 1.25 bits per heavy atom. The molecule has 1 heterocycles. The number of pyridine rings is 1. The first kappa shape index (κ1) is 17.7. The van der Waals surface area contributed by atoms with Gasteiger partial charge in [-0.2, -0.15) is 0 Å². The van der Waals surface area contributed by atoms with Crippen LogP contribution >= 0.6 is 0 Å². The molecule has 0 fully saturated rings. The second-order valence-corrected chi connectivity index (χ2v) is 5.69. The van der Waals surface area contributed by atoms with Gasteiger partial charge in [0.25, 0.3) is 5.56 Å². The number of esters is 1. The first-order chi connectivity index (χ1) is 11.4. The Kier molecular flexibility index (Phi) is 5.34. The van der Waals surface area contributed by atoms with Crippen LogP contribution in [0.15, 0.2) is 35.1 Å². The first-order valence-electron chi connectivity index (χ1n) is 7.85. The molecule has 0 N–H and O–H groups in total. The Balaban J connectivity index is 2.76. The van der Waals surface area contributed by atoms with Gasteiger partial charge in [0.05, 0.1) is 12.3 Å². The van der Waals surface area contributed by atoms with E-state index in [1.165, 1.54) is 10.6 Å². The molecule has 0 aliphatic carbocycles. The van der Waals surface area contributed by atoms with Crippen molar-refractivity contribution in [3.05, 3.63) is 57.4 Å². The van der Waals surface area contributed by atoms with Crippen molar-refractivity contribution >= 4 is 12.3 Å². The molecule has 0 radical (unpaired) electrons. The fraction of sp³-hybridized carbons (Fsp3) is 0.316. The van der Waals surface area contributed by atoms with Crippen LogP contribution in [0.2, 0.25) is 0 Å². The van der Waals surface area contributed by atoms with Crippen molar-refractivity contribution in [2.45, 2.75) is 33.7 Å². The highest BCUT2D eigenvalue weighted by Crippen LogP contribution is 2.27. The van der Waals surface area contributed by atoms with Gasteiger partial charge >= 0.3 is 5.97 Å². The SMILES string of the molecule is CCOC(=O)C(C)n1c(-c2ccc(C)cc2)c(C)c(C=O)cc1=O. The van der Waals surface area contributed by atoms with Gasteiger partial charge in [-0.05, 0) is 38.8 Å². The van der Waals surface area contributed by atoms with Gasteiger partial charge in [-0.25, -0.2) is 4.79 Å². The second kappa shape index (κ2) is 7.25. The number of aldehydes is 1. The molecule has 0 saturated heterocycles. The van der Waals surface area contributed by atoms with E-state index in [0.717, 1.165) is 11.1 Å². The lowest BCUT2D eigenvalue weighted by atomic mass is 10.00. The lowest BCUT2D eigenvalue weighted by Gasteiger charge is -2.21. The summed E-state index contributed by atoms with van der Waals surface area (Å²) in [6.45, 7) is 7.31. The number of aromatic nitrogens is 1. The molecule has 5 heteroatoms. The third-order valence-corrected chi connectivity index (χ3v) is 4.01. The molecule has 0 bridgehead atoms. The van der Waals surface area contributed by atoms with Gasteiger partial charge in [-0.3, -0.25) is 14.2 Å². The average Bonchev–Trinajstić information content (AvgIpc) is 2.56. The number of ether oxygens (including phenoxy) is 1. The van der Waals surface area contributed by atoms with Crippen LogP contribution in [0.25, 0.3) is 11.3 Å². The van der Waals surface area contributed by atoms with Crippen molar-refractivity contribution in [2.24, 2.45) is 0 Å². The number of carbonyl (C=O) groups excluding carboxylic acids is 2. The minimum atomic E-state index is -0.784. The fourth-order valence-corrected chi connectivity index (χ4v) is 2.68. The molecule has 0 aliphatic rings. The third kappa shape index (κ3) is 3.30. The number of rotatable bonds is 5. The molecule has 5 nitrogen and oxygen atoms in total. The highest BCUT2D eigenvalue weighted by atomic mass is 16.5. The van der Waals surface area contributed by atoms with E-state index in [9.17, 15) is 14.4 Å². The summed E-state index contributed by atoms with van der Waals surface area (Å²) in [6.07, 6.45) is 0.661. The maximum Gasteiger partial charge on any atom is 0.328 e. The summed E-state index contributed by atoms with van der Waals surface area (Å²) >= 11 is 0. The Morgan fingerprint density at radius 2 is 1.88 bits per heavy atom. The Hall–Kier alpha value is -2.69. The number of aryl methyl sites for hydroxylation is 1. The van der Waals surface area contributed by atoms with Gasteiger partial charge in [0.15, 0.2) is 6.29 Å². The molecule has 2 aromatic rings. The fourth-order valence-electron chi connectivity index (χ4n) is 2.68. The second-order valence-electron chi connectivity index (χ2n) is 5.69. The summed E-state index contributed by atoms with van der Waals surface area (Å²) < 4.78 is 6.45. The van der Waals surface area contributed by atoms with E-state index in [2.05, 4.69) is 0 Å². The maximum atomic E-state index is 12.6. The Morgan fingerprint density at radius 3 is 2.42 bits per heavy atom. The highest BCUT2D eigenvalue weighted by molar-refractivity contribution is 5.82. The van der Waals surface area contributed by atoms with Gasteiger partial charge in [0, 0.05) is 11.6 Å². The quantitative estimate of drug-likeness (QED) is 0.625. The van der Waals surface area contributed by atoms with Crippen LogP contribution in [0.3, 0.4) is 0 Å². The zero-order valence-electron chi connectivity index (χ0n) is 14.3. The van der Waals surface area contributed by atoms with Gasteiger partial charge < -0.3 is 4.74 Å². The molecule has 2 rings (SSSR count). The number of hydrogen-bond acceptors (Lipinski definition) is 4. The van der Waals surface area contributed by atoms with E-state index >= 15 is 0 Å². The van der Waals surface area contributed by atoms with Gasteiger partial charge in [-0.1, -0.05) is 29.8 Å². The first-order valence-corrected chi connectivity index (χ1v) is 7.85. The van der Waals surface area contributed by atoms with E-state index in [1.54, 1.807) is 20.8 Å². The van der Waals surface area contributed by atoms with Crippen LogP contribution in [0, 0.1) is 13.8 Å². The summed E-state index contributed by atoms with van der Waals surface area (Å²) in [4.78, 5) is 36.0. The van der Waals surface area contributed by atoms with Crippen molar-refractivity contribution in [3.8, 4) is 11.3 Å². The van der Waals surface area contributed by atoms with E-state index in [0.29, 0.717) is 23.1 Å². The molecular weight excluding hydrogens is 306 g/mol. The summed E-state index contributed by atoms with van der Waals surface area (Å²) in [5.41, 5.74) is 2.99. The van der Waals surface area contributed by atoms with Crippen LogP contribution in [0.5, 0.6) is 0 Å². The molecule has 1 atom stereocenters. The van der Waals surface area contributed by atoms with Crippen LogP contribution < -0.4 is 5.56 Å². The monoisotopic (exact) mass is 327 g/mol. The standard InChI is InChI=1S/C19H21NO4/c1-5-24-19(23)14(4)20-17(22)10-16(11-21)13(3)18(20)15-8-6-12(2)7-9-15/h6-11,14H,5H2,1-4H3.